The highest BCUT2D eigenvalue weighted by molar-refractivity contribution is 5.85. The Kier molecular flexibility index (Phi) is 31.2. The van der Waals surface area contributed by atoms with Crippen LogP contribution in [0.2, 0.25) is 0 Å². The van der Waals surface area contributed by atoms with Crippen molar-refractivity contribution in [3.8, 4) is 0 Å². The van der Waals surface area contributed by atoms with Crippen molar-refractivity contribution >= 4 is 12.4 Å². The van der Waals surface area contributed by atoms with Gasteiger partial charge in [0.1, 0.15) is 0 Å². The molecule has 0 aliphatic rings. The standard InChI is InChI=1S/C32H64N6.ClH/c1-3-5-7-9-18-33-20-12-22-35-24-14-26-37-29-31-16-11-17-32(28-31)30-38-27-15-25-36-23-13-21-34-19-10-8-6-4-2;/h11,16-17,28,33-38H,3-10,12-15,18-27,29-30H2,1-2H3;1H. The molecule has 0 aliphatic heterocycles. The average molecular weight is 569 g/mol. The lowest BCUT2D eigenvalue weighted by molar-refractivity contribution is 0.550. The van der Waals surface area contributed by atoms with E-state index in [-0.39, 0.29) is 12.4 Å². The quantitative estimate of drug-likeness (QED) is 0.0701. The fourth-order valence-corrected chi connectivity index (χ4v) is 4.52. The second-order valence-corrected chi connectivity index (χ2v) is 10.7. The van der Waals surface area contributed by atoms with E-state index in [0.29, 0.717) is 0 Å². The highest BCUT2D eigenvalue weighted by Gasteiger charge is 1.98. The Balaban J connectivity index is 0.0000144. The topological polar surface area (TPSA) is 72.2 Å². The molecule has 230 valence electrons. The van der Waals surface area contributed by atoms with Crippen LogP contribution in [0.25, 0.3) is 0 Å². The maximum atomic E-state index is 3.60. The Morgan fingerprint density at radius 3 is 1.10 bits per heavy atom. The van der Waals surface area contributed by atoms with Gasteiger partial charge in [0, 0.05) is 13.1 Å². The lowest BCUT2D eigenvalue weighted by atomic mass is 10.1. The summed E-state index contributed by atoms with van der Waals surface area (Å²) in [5.41, 5.74) is 2.76. The molecule has 6 nitrogen and oxygen atoms in total. The first-order chi connectivity index (χ1) is 18.9. The van der Waals surface area contributed by atoms with Crippen molar-refractivity contribution in [3.05, 3.63) is 35.4 Å². The van der Waals surface area contributed by atoms with Crippen LogP contribution in [-0.4, -0.2) is 65.4 Å². The van der Waals surface area contributed by atoms with Gasteiger partial charge in [0.2, 0.25) is 0 Å². The minimum atomic E-state index is 0. The van der Waals surface area contributed by atoms with Gasteiger partial charge in [-0.15, -0.1) is 12.4 Å². The minimum absolute atomic E-state index is 0. The predicted molar refractivity (Wildman–Crippen MR) is 175 cm³/mol. The molecule has 0 atom stereocenters. The van der Waals surface area contributed by atoms with Crippen molar-refractivity contribution in [3.63, 3.8) is 0 Å². The van der Waals surface area contributed by atoms with Gasteiger partial charge in [-0.3, -0.25) is 0 Å². The maximum absolute atomic E-state index is 3.60. The number of hydrogen-bond acceptors (Lipinski definition) is 6. The van der Waals surface area contributed by atoms with Crippen molar-refractivity contribution in [2.75, 3.05) is 65.4 Å². The van der Waals surface area contributed by atoms with Crippen LogP contribution in [0.1, 0.15) is 102 Å². The Morgan fingerprint density at radius 2 is 0.744 bits per heavy atom. The van der Waals surface area contributed by atoms with Crippen LogP contribution in [0.5, 0.6) is 0 Å². The zero-order valence-electron chi connectivity index (χ0n) is 25.7. The molecule has 39 heavy (non-hydrogen) atoms. The third-order valence-electron chi connectivity index (χ3n) is 6.89. The first-order valence-electron chi connectivity index (χ1n) is 16.2. The van der Waals surface area contributed by atoms with Crippen LogP contribution in [0.15, 0.2) is 24.3 Å². The van der Waals surface area contributed by atoms with Crippen LogP contribution in [0.3, 0.4) is 0 Å². The fraction of sp³-hybridized carbons (Fsp3) is 0.812. The van der Waals surface area contributed by atoms with Crippen molar-refractivity contribution in [1.82, 2.24) is 31.9 Å². The second kappa shape index (κ2) is 31.8. The Labute approximate surface area is 248 Å². The van der Waals surface area contributed by atoms with E-state index in [4.69, 9.17) is 0 Å². The van der Waals surface area contributed by atoms with E-state index in [2.05, 4.69) is 70.0 Å². The molecular formula is C32H65ClN6. The summed E-state index contributed by atoms with van der Waals surface area (Å²) < 4.78 is 0. The molecule has 0 amide bonds. The average Bonchev–Trinajstić information content (AvgIpc) is 2.93. The van der Waals surface area contributed by atoms with Crippen molar-refractivity contribution in [2.45, 2.75) is 104 Å². The molecule has 7 heteroatoms. The van der Waals surface area contributed by atoms with Crippen molar-refractivity contribution < 1.29 is 0 Å². The number of benzene rings is 1. The fourth-order valence-electron chi connectivity index (χ4n) is 4.52. The van der Waals surface area contributed by atoms with Crippen LogP contribution < -0.4 is 31.9 Å². The molecule has 6 N–H and O–H groups in total. The van der Waals surface area contributed by atoms with E-state index in [1.54, 1.807) is 0 Å². The number of rotatable bonds is 30. The molecule has 0 radical (unpaired) electrons. The zero-order valence-corrected chi connectivity index (χ0v) is 26.5. The Bertz CT molecular complexity index is 557. The zero-order chi connectivity index (χ0) is 27.2. The van der Waals surface area contributed by atoms with E-state index >= 15 is 0 Å². The van der Waals surface area contributed by atoms with Gasteiger partial charge in [-0.25, -0.2) is 0 Å². The van der Waals surface area contributed by atoms with Gasteiger partial charge in [0.05, 0.1) is 0 Å². The summed E-state index contributed by atoms with van der Waals surface area (Å²) in [5.74, 6) is 0. The monoisotopic (exact) mass is 568 g/mol. The normalized spacial score (nSPS) is 11.1. The SMILES string of the molecule is CCCCCCNCCCNCCCNCc1cccc(CNCCCNCCCNCCCCCC)c1.Cl. The summed E-state index contributed by atoms with van der Waals surface area (Å²) >= 11 is 0. The maximum Gasteiger partial charge on any atom is 0.0205 e. The number of nitrogens with one attached hydrogen (secondary N) is 6. The minimum Gasteiger partial charge on any atom is -0.317 e. The molecule has 0 bridgehead atoms. The molecular weight excluding hydrogens is 504 g/mol. The molecule has 0 fully saturated rings. The Morgan fingerprint density at radius 1 is 0.410 bits per heavy atom. The molecule has 0 spiro atoms. The summed E-state index contributed by atoms with van der Waals surface area (Å²) in [6.45, 7) is 17.6. The first kappa shape index (κ1) is 38.3. The number of unbranched alkanes of at least 4 members (excludes halogenated alkanes) is 6. The van der Waals surface area contributed by atoms with E-state index in [9.17, 15) is 0 Å². The number of halogens is 1. The summed E-state index contributed by atoms with van der Waals surface area (Å²) in [5, 5.41) is 21.4. The molecule has 1 rings (SSSR count). The van der Waals surface area contributed by atoms with Crippen molar-refractivity contribution in [2.24, 2.45) is 0 Å². The van der Waals surface area contributed by atoms with Gasteiger partial charge >= 0.3 is 0 Å². The molecule has 0 aliphatic carbocycles. The predicted octanol–water partition coefficient (Wildman–Crippen LogP) is 5.37. The number of hydrogen-bond donors (Lipinski definition) is 6. The van der Waals surface area contributed by atoms with Gasteiger partial charge in [0.15, 0.2) is 0 Å². The summed E-state index contributed by atoms with van der Waals surface area (Å²) in [6.07, 6.45) is 15.5. The Hall–Kier alpha value is -0.730. The first-order valence-corrected chi connectivity index (χ1v) is 16.2. The van der Waals surface area contributed by atoms with E-state index in [1.807, 2.05) is 0 Å². The lowest BCUT2D eigenvalue weighted by Crippen LogP contribution is -2.25. The largest absolute Gasteiger partial charge is 0.317 e. The third kappa shape index (κ3) is 27.2. The second-order valence-electron chi connectivity index (χ2n) is 10.7. The molecule has 0 aromatic heterocycles. The van der Waals surface area contributed by atoms with E-state index < -0.39 is 0 Å². The third-order valence-corrected chi connectivity index (χ3v) is 6.89. The summed E-state index contributed by atoms with van der Waals surface area (Å²) in [6, 6.07) is 8.98. The smallest absolute Gasteiger partial charge is 0.0205 e. The van der Waals surface area contributed by atoms with Gasteiger partial charge in [-0.05, 0) is 115 Å². The molecule has 1 aromatic rings. The molecule has 0 saturated heterocycles. The van der Waals surface area contributed by atoms with Gasteiger partial charge in [-0.1, -0.05) is 76.6 Å². The van der Waals surface area contributed by atoms with Gasteiger partial charge in [-0.2, -0.15) is 0 Å². The van der Waals surface area contributed by atoms with E-state index in [0.717, 1.165) is 65.4 Å². The van der Waals surface area contributed by atoms with Crippen LogP contribution in [-0.2, 0) is 13.1 Å². The van der Waals surface area contributed by atoms with E-state index in [1.165, 1.54) is 101 Å². The van der Waals surface area contributed by atoms with Crippen LogP contribution in [0, 0.1) is 0 Å². The highest BCUT2D eigenvalue weighted by atomic mass is 35.5. The summed E-state index contributed by atoms with van der Waals surface area (Å²) in [4.78, 5) is 0. The summed E-state index contributed by atoms with van der Waals surface area (Å²) in [7, 11) is 0. The molecule has 0 unspecified atom stereocenters. The molecule has 0 saturated carbocycles. The van der Waals surface area contributed by atoms with Gasteiger partial charge < -0.3 is 31.9 Å². The van der Waals surface area contributed by atoms with Crippen LogP contribution in [0.4, 0.5) is 0 Å². The van der Waals surface area contributed by atoms with Crippen molar-refractivity contribution in [1.29, 1.82) is 0 Å². The highest BCUT2D eigenvalue weighted by Crippen LogP contribution is 2.05. The molecule has 1 aromatic carbocycles. The molecule has 0 heterocycles. The lowest BCUT2D eigenvalue weighted by Gasteiger charge is -2.10. The van der Waals surface area contributed by atoms with Gasteiger partial charge in [0.25, 0.3) is 0 Å². The van der Waals surface area contributed by atoms with Crippen LogP contribution >= 0.6 is 12.4 Å².